The highest BCUT2D eigenvalue weighted by molar-refractivity contribution is 5.81. The monoisotopic (exact) mass is 217 g/mol. The van der Waals surface area contributed by atoms with Crippen molar-refractivity contribution < 1.29 is 19.4 Å². The number of esters is 1. The second-order valence-electron chi connectivity index (χ2n) is 3.29. The van der Waals surface area contributed by atoms with Crippen LogP contribution in [-0.4, -0.2) is 36.2 Å². The van der Waals surface area contributed by atoms with Gasteiger partial charge in [0.05, 0.1) is 13.0 Å². The molecule has 0 bridgehead atoms. The van der Waals surface area contributed by atoms with E-state index in [1.807, 2.05) is 0 Å². The maximum Gasteiger partial charge on any atom is 0.306 e. The molecule has 0 aliphatic rings. The van der Waals surface area contributed by atoms with E-state index < -0.39 is 0 Å². The van der Waals surface area contributed by atoms with Gasteiger partial charge in [0.25, 0.3) is 0 Å². The summed E-state index contributed by atoms with van der Waals surface area (Å²) in [5.74, 6) is -0.550. The van der Waals surface area contributed by atoms with Gasteiger partial charge in [0.15, 0.2) is 0 Å². The molecule has 1 atom stereocenters. The first kappa shape index (κ1) is 13.9. The van der Waals surface area contributed by atoms with Crippen molar-refractivity contribution in [3.8, 4) is 0 Å². The van der Waals surface area contributed by atoms with Crippen LogP contribution in [0.4, 0.5) is 0 Å². The Hall–Kier alpha value is -1.10. The molecule has 0 spiro atoms. The summed E-state index contributed by atoms with van der Waals surface area (Å²) in [6.45, 7) is 3.90. The molecule has 1 unspecified atom stereocenters. The van der Waals surface area contributed by atoms with Gasteiger partial charge >= 0.3 is 5.97 Å². The molecule has 0 saturated heterocycles. The van der Waals surface area contributed by atoms with Crippen molar-refractivity contribution in [2.24, 2.45) is 0 Å². The summed E-state index contributed by atoms with van der Waals surface area (Å²) in [4.78, 5) is 22.2. The Kier molecular flexibility index (Phi) is 7.62. The van der Waals surface area contributed by atoms with E-state index >= 15 is 0 Å². The lowest BCUT2D eigenvalue weighted by molar-refractivity contribution is -0.144. The predicted molar refractivity (Wildman–Crippen MR) is 55.2 cm³/mol. The van der Waals surface area contributed by atoms with Crippen molar-refractivity contribution in [2.75, 3.05) is 13.2 Å². The molecule has 0 radical (unpaired) electrons. The molecule has 0 saturated carbocycles. The maximum absolute atomic E-state index is 11.2. The molecule has 0 fully saturated rings. The van der Waals surface area contributed by atoms with Crippen LogP contribution in [0.25, 0.3) is 0 Å². The molecule has 0 aromatic heterocycles. The van der Waals surface area contributed by atoms with E-state index in [1.54, 1.807) is 13.8 Å². The fourth-order valence-electron chi connectivity index (χ4n) is 1.06. The second-order valence-corrected chi connectivity index (χ2v) is 3.29. The Morgan fingerprint density at radius 2 is 2.07 bits per heavy atom. The molecule has 0 aromatic rings. The van der Waals surface area contributed by atoms with Gasteiger partial charge in [-0.2, -0.15) is 0 Å². The summed E-state index contributed by atoms with van der Waals surface area (Å²) in [5, 5.41) is 11.3. The summed E-state index contributed by atoms with van der Waals surface area (Å²) in [6, 6.07) is -0.0651. The van der Waals surface area contributed by atoms with Crippen molar-refractivity contribution in [3.05, 3.63) is 0 Å². The number of carbonyl (C=O) groups excluding carboxylic acids is 2. The largest absolute Gasteiger partial charge is 0.466 e. The van der Waals surface area contributed by atoms with Crippen LogP contribution < -0.4 is 5.32 Å². The topological polar surface area (TPSA) is 75.6 Å². The molecule has 0 aliphatic heterocycles. The lowest BCUT2D eigenvalue weighted by Gasteiger charge is -2.11. The first-order valence-electron chi connectivity index (χ1n) is 5.16. The smallest absolute Gasteiger partial charge is 0.306 e. The van der Waals surface area contributed by atoms with E-state index in [1.165, 1.54) is 0 Å². The van der Waals surface area contributed by atoms with Crippen molar-refractivity contribution in [3.63, 3.8) is 0 Å². The highest BCUT2D eigenvalue weighted by Crippen LogP contribution is 1.95. The molecule has 2 N–H and O–H groups in total. The third-order valence-electron chi connectivity index (χ3n) is 1.83. The highest BCUT2D eigenvalue weighted by Gasteiger charge is 2.09. The maximum atomic E-state index is 11.2. The zero-order chi connectivity index (χ0) is 11.7. The van der Waals surface area contributed by atoms with Gasteiger partial charge in [0, 0.05) is 19.1 Å². The van der Waals surface area contributed by atoms with E-state index in [4.69, 9.17) is 5.11 Å². The number of nitrogens with one attached hydrogen (secondary N) is 1. The lowest BCUT2D eigenvalue weighted by Crippen LogP contribution is -2.33. The Bertz CT molecular complexity index is 206. The molecule has 0 aliphatic carbocycles. The van der Waals surface area contributed by atoms with Crippen LogP contribution in [0.15, 0.2) is 0 Å². The average Bonchev–Trinajstić information content (AvgIpc) is 2.15. The van der Waals surface area contributed by atoms with Crippen LogP contribution in [0, 0.1) is 0 Å². The van der Waals surface area contributed by atoms with E-state index in [0.717, 1.165) is 0 Å². The van der Waals surface area contributed by atoms with Crippen molar-refractivity contribution >= 4 is 11.9 Å². The number of amides is 1. The first-order valence-corrected chi connectivity index (χ1v) is 5.16. The molecule has 1 amide bonds. The van der Waals surface area contributed by atoms with E-state index in [-0.39, 0.29) is 37.4 Å². The third kappa shape index (κ3) is 7.93. The predicted octanol–water partition coefficient (Wildman–Crippen LogP) is 0.217. The lowest BCUT2D eigenvalue weighted by atomic mass is 10.2. The number of rotatable bonds is 7. The summed E-state index contributed by atoms with van der Waals surface area (Å²) in [6.07, 6.45) is 0.755. The number of hydrogen-bond donors (Lipinski definition) is 2. The molecule has 5 heteroatoms. The molecule has 0 aromatic carbocycles. The first-order chi connectivity index (χ1) is 7.10. The standard InChI is InChI=1S/C10H19NO4/c1-3-15-10(14)5-4-9(13)11-8(2)6-7-12/h8,12H,3-7H2,1-2H3,(H,11,13). The molecule has 5 nitrogen and oxygen atoms in total. The number of carbonyl (C=O) groups is 2. The Labute approximate surface area is 89.8 Å². The summed E-state index contributed by atoms with van der Waals surface area (Å²) >= 11 is 0. The number of aliphatic hydroxyl groups is 1. The highest BCUT2D eigenvalue weighted by atomic mass is 16.5. The number of ether oxygens (including phenoxy) is 1. The van der Waals surface area contributed by atoms with Gasteiger partial charge in [-0.25, -0.2) is 0 Å². The van der Waals surface area contributed by atoms with Crippen molar-refractivity contribution in [2.45, 2.75) is 39.2 Å². The van der Waals surface area contributed by atoms with E-state index in [0.29, 0.717) is 13.0 Å². The van der Waals surface area contributed by atoms with Gasteiger partial charge in [0.2, 0.25) is 5.91 Å². The minimum Gasteiger partial charge on any atom is -0.466 e. The minimum atomic E-state index is -0.359. The van der Waals surface area contributed by atoms with Crippen LogP contribution in [-0.2, 0) is 14.3 Å². The molecular weight excluding hydrogens is 198 g/mol. The van der Waals surface area contributed by atoms with E-state index in [9.17, 15) is 9.59 Å². The second kappa shape index (κ2) is 8.23. The summed E-state index contributed by atoms with van der Waals surface area (Å²) in [7, 11) is 0. The third-order valence-corrected chi connectivity index (χ3v) is 1.83. The summed E-state index contributed by atoms with van der Waals surface area (Å²) < 4.78 is 4.69. The SMILES string of the molecule is CCOC(=O)CCC(=O)NC(C)CCO. The van der Waals surface area contributed by atoms with Crippen LogP contribution in [0.5, 0.6) is 0 Å². The Morgan fingerprint density at radius 3 is 2.60 bits per heavy atom. The van der Waals surface area contributed by atoms with Gasteiger partial charge < -0.3 is 15.2 Å². The molecule has 0 rings (SSSR count). The quantitative estimate of drug-likeness (QED) is 0.598. The molecule has 88 valence electrons. The van der Waals surface area contributed by atoms with Crippen molar-refractivity contribution in [1.29, 1.82) is 0 Å². The molecule has 0 heterocycles. The minimum absolute atomic E-state index is 0.0410. The van der Waals surface area contributed by atoms with E-state index in [2.05, 4.69) is 10.1 Å². The number of hydrogen-bond acceptors (Lipinski definition) is 4. The van der Waals surface area contributed by atoms with Crippen LogP contribution in [0.1, 0.15) is 33.1 Å². The Balaban J connectivity index is 3.61. The van der Waals surface area contributed by atoms with Gasteiger partial charge in [-0.05, 0) is 20.3 Å². The summed E-state index contributed by atoms with van der Waals surface area (Å²) in [5.41, 5.74) is 0. The number of aliphatic hydroxyl groups excluding tert-OH is 1. The zero-order valence-electron chi connectivity index (χ0n) is 9.28. The molecule has 15 heavy (non-hydrogen) atoms. The van der Waals surface area contributed by atoms with Crippen LogP contribution >= 0.6 is 0 Å². The van der Waals surface area contributed by atoms with Crippen LogP contribution in [0.2, 0.25) is 0 Å². The van der Waals surface area contributed by atoms with Crippen LogP contribution in [0.3, 0.4) is 0 Å². The van der Waals surface area contributed by atoms with Gasteiger partial charge in [-0.1, -0.05) is 0 Å². The Morgan fingerprint density at radius 1 is 1.40 bits per heavy atom. The van der Waals surface area contributed by atoms with Gasteiger partial charge in [0.1, 0.15) is 0 Å². The fraction of sp³-hybridized carbons (Fsp3) is 0.800. The average molecular weight is 217 g/mol. The molecular formula is C10H19NO4. The normalized spacial score (nSPS) is 11.9. The van der Waals surface area contributed by atoms with Gasteiger partial charge in [-0.3, -0.25) is 9.59 Å². The van der Waals surface area contributed by atoms with Crippen molar-refractivity contribution in [1.82, 2.24) is 5.32 Å². The zero-order valence-corrected chi connectivity index (χ0v) is 9.28. The van der Waals surface area contributed by atoms with Gasteiger partial charge in [-0.15, -0.1) is 0 Å². The fourth-order valence-corrected chi connectivity index (χ4v) is 1.06.